The van der Waals surface area contributed by atoms with Crippen molar-refractivity contribution in [2.75, 3.05) is 11.5 Å². The molecular formula is C31H33FN2O6. The number of anilines is 1. The highest BCUT2D eigenvalue weighted by atomic mass is 19.1. The number of halogens is 1. The van der Waals surface area contributed by atoms with Gasteiger partial charge in [-0.2, -0.15) is 0 Å². The number of allylic oxidation sites excluding steroid dienone is 2. The summed E-state index contributed by atoms with van der Waals surface area (Å²) >= 11 is 0. The number of carbonyl (C=O) groups excluding carboxylic acids is 2. The number of amides is 2. The van der Waals surface area contributed by atoms with Gasteiger partial charge in [0.15, 0.2) is 11.6 Å². The second-order valence-corrected chi connectivity index (χ2v) is 10.8. The number of hydrogen-bond donors (Lipinski definition) is 1. The summed E-state index contributed by atoms with van der Waals surface area (Å²) in [6.45, 7) is 4.49. The molecule has 2 saturated heterocycles. The fourth-order valence-electron chi connectivity index (χ4n) is 6.57. The molecule has 4 atom stereocenters. The lowest BCUT2D eigenvalue weighted by Gasteiger charge is -2.31. The van der Waals surface area contributed by atoms with Crippen molar-refractivity contribution in [3.8, 4) is 5.75 Å². The van der Waals surface area contributed by atoms with E-state index < -0.39 is 22.6 Å². The molecule has 1 N–H and O–H groups in total. The predicted molar refractivity (Wildman–Crippen MR) is 148 cm³/mol. The van der Waals surface area contributed by atoms with Gasteiger partial charge in [-0.15, -0.1) is 0 Å². The molecule has 0 spiro atoms. The number of hydrogen-bond acceptors (Lipinski definition) is 6. The lowest BCUT2D eigenvalue weighted by Crippen LogP contribution is -2.34. The molecule has 2 aromatic carbocycles. The number of phenolic OH excluding ortho intramolecular Hbond substituents is 1. The molecule has 2 aromatic rings. The van der Waals surface area contributed by atoms with Crippen LogP contribution >= 0.6 is 0 Å². The number of phenols is 1. The molecule has 2 aliphatic heterocycles. The average molecular weight is 549 g/mol. The first kappa shape index (κ1) is 27.7. The lowest BCUT2D eigenvalue weighted by atomic mass is 9.69. The molecule has 1 aliphatic carbocycles. The van der Waals surface area contributed by atoms with Crippen molar-refractivity contribution >= 4 is 29.3 Å². The predicted octanol–water partition coefficient (Wildman–Crippen LogP) is 6.33. The maximum Gasteiger partial charge on any atom is 0.271 e. The molecule has 0 radical (unpaired) electrons. The highest BCUT2D eigenvalue weighted by Crippen LogP contribution is 2.51. The Morgan fingerprint density at radius 2 is 1.95 bits per heavy atom. The first-order valence-electron chi connectivity index (χ1n) is 13.9. The Morgan fingerprint density at radius 3 is 2.65 bits per heavy atom. The molecule has 40 heavy (non-hydrogen) atoms. The molecule has 210 valence electrons. The highest BCUT2D eigenvalue weighted by molar-refractivity contribution is 6.22. The van der Waals surface area contributed by atoms with Crippen LogP contribution in [-0.4, -0.2) is 34.6 Å². The number of ether oxygens (including phenoxy) is 1. The molecule has 2 fully saturated rings. The molecule has 8 nitrogen and oxygen atoms in total. The summed E-state index contributed by atoms with van der Waals surface area (Å²) in [7, 11) is 0. The Hall–Kier alpha value is -3.85. The van der Waals surface area contributed by atoms with E-state index in [1.807, 2.05) is 6.08 Å². The van der Waals surface area contributed by atoms with E-state index in [0.717, 1.165) is 47.3 Å². The SMILES string of the molecule is CCC/C(=C\c1ccc(O)c(F)c1)CC[C@H]1OC[C@H]2C1=C(CC)C[C@H]1C(=O)N(c3cccc([N+](=O)[O-])c3)C(=O)[C@H]12. The molecule has 5 rings (SSSR count). The van der Waals surface area contributed by atoms with Gasteiger partial charge in [0.1, 0.15) is 0 Å². The maximum absolute atomic E-state index is 13.9. The van der Waals surface area contributed by atoms with Gasteiger partial charge in [-0.1, -0.05) is 49.6 Å². The fourth-order valence-corrected chi connectivity index (χ4v) is 6.57. The zero-order chi connectivity index (χ0) is 28.6. The van der Waals surface area contributed by atoms with Crippen LogP contribution in [0.1, 0.15) is 57.9 Å². The summed E-state index contributed by atoms with van der Waals surface area (Å²) in [5.74, 6) is -2.92. The largest absolute Gasteiger partial charge is 0.505 e. The van der Waals surface area contributed by atoms with E-state index >= 15 is 0 Å². The Morgan fingerprint density at radius 1 is 1.15 bits per heavy atom. The van der Waals surface area contributed by atoms with Gasteiger partial charge in [0.05, 0.1) is 35.2 Å². The van der Waals surface area contributed by atoms with Gasteiger partial charge in [-0.3, -0.25) is 19.7 Å². The summed E-state index contributed by atoms with van der Waals surface area (Å²) in [5.41, 5.74) is 4.17. The zero-order valence-electron chi connectivity index (χ0n) is 22.6. The van der Waals surface area contributed by atoms with Crippen molar-refractivity contribution in [1.29, 1.82) is 0 Å². The fraction of sp³-hybridized carbons (Fsp3) is 0.419. The molecule has 2 amide bonds. The topological polar surface area (TPSA) is 110 Å². The number of nitro benzene ring substituents is 1. The summed E-state index contributed by atoms with van der Waals surface area (Å²) in [4.78, 5) is 39.1. The van der Waals surface area contributed by atoms with Gasteiger partial charge >= 0.3 is 0 Å². The van der Waals surface area contributed by atoms with E-state index in [1.165, 1.54) is 30.3 Å². The summed E-state index contributed by atoms with van der Waals surface area (Å²) in [6.07, 6.45) is 6.22. The van der Waals surface area contributed by atoms with Crippen LogP contribution in [0.15, 0.2) is 59.2 Å². The molecule has 0 aromatic heterocycles. The minimum atomic E-state index is -0.656. The molecule has 2 heterocycles. The van der Waals surface area contributed by atoms with E-state index in [-0.39, 0.29) is 41.0 Å². The Kier molecular flexibility index (Phi) is 7.85. The standard InChI is InChI=1S/C31H33FN2O6/c1-3-6-18(13-19-9-11-26(35)25(32)14-19)10-12-27-28-20(4-2)15-23-29(24(28)17-40-27)31(37)33(30(23)36)21-7-5-8-22(16-21)34(38)39/h5,7-9,11,13-14,16,23-24,27,29,35H,3-4,6,10,12,15,17H2,1-2H3/b18-13+/t23-,24+,27-,29-/m1/s1. The quantitative estimate of drug-likeness (QED) is 0.170. The number of nitrogens with zero attached hydrogens (tertiary/aromatic N) is 2. The number of non-ortho nitro benzene ring substituents is 1. The van der Waals surface area contributed by atoms with Gasteiger partial charge in [0.2, 0.25) is 11.8 Å². The van der Waals surface area contributed by atoms with Crippen molar-refractivity contribution in [1.82, 2.24) is 0 Å². The van der Waals surface area contributed by atoms with Crippen molar-refractivity contribution in [3.05, 3.63) is 80.7 Å². The Bertz CT molecular complexity index is 1420. The van der Waals surface area contributed by atoms with Crippen LogP contribution in [0.2, 0.25) is 0 Å². The second-order valence-electron chi connectivity index (χ2n) is 10.8. The van der Waals surface area contributed by atoms with Crippen LogP contribution in [0.4, 0.5) is 15.8 Å². The summed E-state index contributed by atoms with van der Waals surface area (Å²) < 4.78 is 20.2. The Balaban J connectivity index is 1.37. The van der Waals surface area contributed by atoms with Crippen molar-refractivity contribution in [2.24, 2.45) is 17.8 Å². The normalized spacial score (nSPS) is 24.5. The molecular weight excluding hydrogens is 515 g/mol. The molecule has 0 bridgehead atoms. The zero-order valence-corrected chi connectivity index (χ0v) is 22.6. The number of imide groups is 1. The van der Waals surface area contributed by atoms with E-state index in [4.69, 9.17) is 4.74 Å². The third kappa shape index (κ3) is 5.06. The number of nitro groups is 1. The van der Waals surface area contributed by atoms with Crippen LogP contribution in [0, 0.1) is 33.7 Å². The van der Waals surface area contributed by atoms with E-state index in [2.05, 4.69) is 13.8 Å². The highest BCUT2D eigenvalue weighted by Gasteiger charge is 2.57. The van der Waals surface area contributed by atoms with Crippen LogP contribution in [0.25, 0.3) is 6.08 Å². The van der Waals surface area contributed by atoms with E-state index in [9.17, 15) is 29.2 Å². The van der Waals surface area contributed by atoms with Crippen LogP contribution in [0.5, 0.6) is 5.75 Å². The minimum Gasteiger partial charge on any atom is -0.505 e. The lowest BCUT2D eigenvalue weighted by molar-refractivity contribution is -0.384. The van der Waals surface area contributed by atoms with E-state index in [1.54, 1.807) is 12.1 Å². The van der Waals surface area contributed by atoms with Crippen LogP contribution < -0.4 is 4.90 Å². The number of carbonyl (C=O) groups is 2. The van der Waals surface area contributed by atoms with Crippen molar-refractivity contribution in [3.63, 3.8) is 0 Å². The minimum absolute atomic E-state index is 0.170. The van der Waals surface area contributed by atoms with Gasteiger partial charge < -0.3 is 9.84 Å². The summed E-state index contributed by atoms with van der Waals surface area (Å²) in [6, 6.07) is 10.0. The third-order valence-electron chi connectivity index (χ3n) is 8.37. The number of rotatable bonds is 9. The number of aromatic hydroxyl groups is 1. The van der Waals surface area contributed by atoms with Crippen LogP contribution in [-0.2, 0) is 14.3 Å². The van der Waals surface area contributed by atoms with Crippen LogP contribution in [0.3, 0.4) is 0 Å². The van der Waals surface area contributed by atoms with Crippen molar-refractivity contribution in [2.45, 2.75) is 58.5 Å². The smallest absolute Gasteiger partial charge is 0.271 e. The molecule has 9 heteroatoms. The van der Waals surface area contributed by atoms with Gasteiger partial charge in [0, 0.05) is 18.1 Å². The summed E-state index contributed by atoms with van der Waals surface area (Å²) in [5, 5.41) is 20.8. The first-order chi connectivity index (χ1) is 19.2. The van der Waals surface area contributed by atoms with Gasteiger partial charge in [-0.05, 0) is 61.4 Å². The maximum atomic E-state index is 13.9. The van der Waals surface area contributed by atoms with E-state index in [0.29, 0.717) is 25.0 Å². The second kappa shape index (κ2) is 11.3. The van der Waals surface area contributed by atoms with Gasteiger partial charge in [0.25, 0.3) is 5.69 Å². The van der Waals surface area contributed by atoms with Gasteiger partial charge in [-0.25, -0.2) is 9.29 Å². The average Bonchev–Trinajstić information content (AvgIpc) is 3.47. The molecule has 3 aliphatic rings. The number of fused-ring (bicyclic) bond motifs is 3. The first-order valence-corrected chi connectivity index (χ1v) is 13.9. The molecule has 0 unspecified atom stereocenters. The van der Waals surface area contributed by atoms with Crippen molar-refractivity contribution < 1.29 is 28.7 Å². The number of benzene rings is 2. The third-order valence-corrected chi connectivity index (χ3v) is 8.37. The molecule has 0 saturated carbocycles. The monoisotopic (exact) mass is 548 g/mol. The Labute approximate surface area is 232 Å².